The van der Waals surface area contributed by atoms with E-state index in [1.807, 2.05) is 0 Å². The average Bonchev–Trinajstić information content (AvgIpc) is 2.17. The minimum Gasteiger partial charge on any atom is -0.494 e. The van der Waals surface area contributed by atoms with Gasteiger partial charge in [0, 0.05) is 19.3 Å². The quantitative estimate of drug-likeness (QED) is 0.791. The molecule has 0 bridgehead atoms. The van der Waals surface area contributed by atoms with E-state index in [1.165, 1.54) is 11.1 Å². The van der Waals surface area contributed by atoms with Crippen molar-refractivity contribution < 1.29 is 4.74 Å². The lowest BCUT2D eigenvalue weighted by atomic mass is 10.1. The second-order valence-electron chi connectivity index (χ2n) is 3.78. The number of aryl methyl sites for hydroxylation is 2. The van der Waals surface area contributed by atoms with Gasteiger partial charge >= 0.3 is 0 Å². The maximum atomic E-state index is 5.43. The van der Waals surface area contributed by atoms with E-state index in [-0.39, 0.29) is 0 Å². The number of methoxy groups -OCH3 is 1. The normalized spacial score (nSPS) is 10.2. The molecule has 0 aliphatic heterocycles. The molecule has 0 saturated heterocycles. The number of hydrogen-bond donors (Lipinski definition) is 1. The summed E-state index contributed by atoms with van der Waals surface area (Å²) in [5.74, 6) is 1.80. The Morgan fingerprint density at radius 1 is 1.33 bits per heavy atom. The molecule has 1 aromatic rings. The van der Waals surface area contributed by atoms with Gasteiger partial charge in [0.25, 0.3) is 0 Å². The minimum atomic E-state index is 0.840. The fourth-order valence-electron chi connectivity index (χ4n) is 1.75. The van der Waals surface area contributed by atoms with E-state index < -0.39 is 0 Å². The molecule has 0 amide bonds. The zero-order valence-electron chi connectivity index (χ0n) is 9.87. The molecule has 0 saturated carbocycles. The van der Waals surface area contributed by atoms with Crippen LogP contribution in [0.2, 0.25) is 0 Å². The highest BCUT2D eigenvalue weighted by Crippen LogP contribution is 2.32. The summed E-state index contributed by atoms with van der Waals surface area (Å²) in [6.45, 7) is 5.09. The second kappa shape index (κ2) is 5.31. The van der Waals surface area contributed by atoms with Crippen molar-refractivity contribution in [3.63, 3.8) is 0 Å². The van der Waals surface area contributed by atoms with Gasteiger partial charge in [0.2, 0.25) is 0 Å². The van der Waals surface area contributed by atoms with Crippen LogP contribution in [-0.2, 0) is 0 Å². The van der Waals surface area contributed by atoms with Crippen LogP contribution in [0.25, 0.3) is 0 Å². The Labute approximate surface area is 97.6 Å². The summed E-state index contributed by atoms with van der Waals surface area (Å²) >= 11 is 4.24. The van der Waals surface area contributed by atoms with Gasteiger partial charge in [-0.25, -0.2) is 0 Å². The van der Waals surface area contributed by atoms with Crippen LogP contribution in [-0.4, -0.2) is 26.5 Å². The molecule has 1 aromatic carbocycles. The second-order valence-corrected chi connectivity index (χ2v) is 4.23. The predicted octanol–water partition coefficient (Wildman–Crippen LogP) is 2.68. The zero-order valence-corrected chi connectivity index (χ0v) is 10.8. The van der Waals surface area contributed by atoms with Crippen molar-refractivity contribution in [2.45, 2.75) is 13.8 Å². The van der Waals surface area contributed by atoms with E-state index in [0.29, 0.717) is 0 Å². The summed E-state index contributed by atoms with van der Waals surface area (Å²) in [5.41, 5.74) is 3.58. The molecule has 0 fully saturated rings. The summed E-state index contributed by atoms with van der Waals surface area (Å²) < 4.78 is 5.43. The van der Waals surface area contributed by atoms with Crippen molar-refractivity contribution in [2.75, 3.05) is 31.4 Å². The van der Waals surface area contributed by atoms with E-state index in [2.05, 4.69) is 50.6 Å². The molecular weight excluding hydrogens is 206 g/mol. The Morgan fingerprint density at radius 3 is 2.53 bits per heavy atom. The van der Waals surface area contributed by atoms with Crippen molar-refractivity contribution >= 4 is 18.3 Å². The summed E-state index contributed by atoms with van der Waals surface area (Å²) in [6.07, 6.45) is 0. The van der Waals surface area contributed by atoms with Gasteiger partial charge in [0.15, 0.2) is 0 Å². The van der Waals surface area contributed by atoms with Gasteiger partial charge in [0.1, 0.15) is 5.75 Å². The van der Waals surface area contributed by atoms with Crippen LogP contribution in [0, 0.1) is 13.8 Å². The number of hydrogen-bond acceptors (Lipinski definition) is 3. The van der Waals surface area contributed by atoms with E-state index in [9.17, 15) is 0 Å². The molecule has 84 valence electrons. The van der Waals surface area contributed by atoms with E-state index in [1.54, 1.807) is 7.11 Å². The maximum Gasteiger partial charge on any atom is 0.145 e. The molecule has 0 radical (unpaired) electrons. The molecule has 0 atom stereocenters. The van der Waals surface area contributed by atoms with Gasteiger partial charge in [-0.3, -0.25) is 0 Å². The fraction of sp³-hybridized carbons (Fsp3) is 0.500. The van der Waals surface area contributed by atoms with Crippen LogP contribution in [0.3, 0.4) is 0 Å². The Hall–Kier alpha value is -0.830. The number of benzene rings is 1. The molecule has 3 heteroatoms. The zero-order chi connectivity index (χ0) is 11.4. The van der Waals surface area contributed by atoms with Gasteiger partial charge in [-0.2, -0.15) is 12.6 Å². The third kappa shape index (κ3) is 2.81. The average molecular weight is 225 g/mol. The van der Waals surface area contributed by atoms with Gasteiger partial charge in [-0.05, 0) is 31.0 Å². The van der Waals surface area contributed by atoms with Crippen LogP contribution in [0.5, 0.6) is 5.75 Å². The highest BCUT2D eigenvalue weighted by molar-refractivity contribution is 7.80. The number of rotatable bonds is 4. The summed E-state index contributed by atoms with van der Waals surface area (Å²) in [6, 6.07) is 4.28. The summed E-state index contributed by atoms with van der Waals surface area (Å²) in [5, 5.41) is 0. The topological polar surface area (TPSA) is 12.5 Å². The molecule has 0 N–H and O–H groups in total. The van der Waals surface area contributed by atoms with Gasteiger partial charge in [-0.15, -0.1) is 0 Å². The predicted molar refractivity (Wildman–Crippen MR) is 69.6 cm³/mol. The lowest BCUT2D eigenvalue weighted by Crippen LogP contribution is -2.20. The molecule has 15 heavy (non-hydrogen) atoms. The number of thiol groups is 1. The molecule has 0 heterocycles. The van der Waals surface area contributed by atoms with Crippen LogP contribution in [0.15, 0.2) is 12.1 Å². The van der Waals surface area contributed by atoms with Crippen molar-refractivity contribution in [1.29, 1.82) is 0 Å². The first kappa shape index (κ1) is 12.2. The first-order chi connectivity index (χ1) is 7.10. The molecule has 0 unspecified atom stereocenters. The lowest BCUT2D eigenvalue weighted by Gasteiger charge is -2.22. The molecular formula is C12H19NOS. The molecule has 1 rings (SSSR count). The SMILES string of the molecule is COc1c(C)cc(C)cc1N(C)CCS. The van der Waals surface area contributed by atoms with Crippen molar-refractivity contribution in [1.82, 2.24) is 0 Å². The van der Waals surface area contributed by atoms with Crippen LogP contribution in [0.4, 0.5) is 5.69 Å². The summed E-state index contributed by atoms with van der Waals surface area (Å²) in [4.78, 5) is 2.17. The van der Waals surface area contributed by atoms with Gasteiger partial charge in [0.05, 0.1) is 12.8 Å². The Balaban J connectivity index is 3.13. The maximum absolute atomic E-state index is 5.43. The first-order valence-electron chi connectivity index (χ1n) is 5.07. The van der Waals surface area contributed by atoms with Crippen LogP contribution >= 0.6 is 12.6 Å². The molecule has 0 aliphatic carbocycles. The number of anilines is 1. The highest BCUT2D eigenvalue weighted by Gasteiger charge is 2.10. The standard InChI is InChI=1S/C12H19NOS/c1-9-7-10(2)12(14-4)11(8-9)13(3)5-6-15/h7-8,15H,5-6H2,1-4H3. The van der Waals surface area contributed by atoms with Crippen molar-refractivity contribution in [3.05, 3.63) is 23.3 Å². The number of ether oxygens (including phenoxy) is 1. The Morgan fingerprint density at radius 2 is 2.00 bits per heavy atom. The lowest BCUT2D eigenvalue weighted by molar-refractivity contribution is 0.412. The van der Waals surface area contributed by atoms with E-state index >= 15 is 0 Å². The molecule has 2 nitrogen and oxygen atoms in total. The van der Waals surface area contributed by atoms with E-state index in [4.69, 9.17) is 4.74 Å². The van der Waals surface area contributed by atoms with Crippen molar-refractivity contribution in [2.24, 2.45) is 0 Å². The van der Waals surface area contributed by atoms with E-state index in [0.717, 1.165) is 23.7 Å². The summed E-state index contributed by atoms with van der Waals surface area (Å²) in [7, 11) is 3.78. The third-order valence-corrected chi connectivity index (χ3v) is 2.65. The largest absolute Gasteiger partial charge is 0.494 e. The number of nitrogens with zero attached hydrogens (tertiary/aromatic N) is 1. The molecule has 0 aromatic heterocycles. The monoisotopic (exact) mass is 225 g/mol. The highest BCUT2D eigenvalue weighted by atomic mass is 32.1. The molecule has 0 spiro atoms. The fourth-order valence-corrected chi connectivity index (χ4v) is 2.05. The van der Waals surface area contributed by atoms with Gasteiger partial charge in [-0.1, -0.05) is 6.07 Å². The molecule has 0 aliphatic rings. The van der Waals surface area contributed by atoms with Crippen molar-refractivity contribution in [3.8, 4) is 5.75 Å². The minimum absolute atomic E-state index is 0.840. The van der Waals surface area contributed by atoms with Crippen LogP contribution < -0.4 is 9.64 Å². The Bertz CT molecular complexity index is 339. The first-order valence-corrected chi connectivity index (χ1v) is 5.70. The smallest absolute Gasteiger partial charge is 0.145 e. The van der Waals surface area contributed by atoms with Gasteiger partial charge < -0.3 is 9.64 Å². The Kier molecular flexibility index (Phi) is 4.33. The third-order valence-electron chi connectivity index (χ3n) is 2.45. The van der Waals surface area contributed by atoms with Crippen LogP contribution in [0.1, 0.15) is 11.1 Å².